The summed E-state index contributed by atoms with van der Waals surface area (Å²) in [5, 5.41) is 4.75. The summed E-state index contributed by atoms with van der Waals surface area (Å²) < 4.78 is 7.31. The number of ether oxygens (including phenoxy) is 1. The van der Waals surface area contributed by atoms with Crippen LogP contribution in [0, 0.1) is 6.92 Å². The number of aryl methyl sites for hydroxylation is 1. The predicted molar refractivity (Wildman–Crippen MR) is 146 cm³/mol. The maximum Gasteiger partial charge on any atom is 0.276 e. The molecule has 4 rings (SSSR count). The molecule has 0 unspecified atom stereocenters. The third kappa shape index (κ3) is 6.30. The molecule has 0 fully saturated rings. The van der Waals surface area contributed by atoms with Crippen molar-refractivity contribution in [1.29, 1.82) is 0 Å². The van der Waals surface area contributed by atoms with E-state index in [9.17, 15) is 14.4 Å². The van der Waals surface area contributed by atoms with E-state index in [0.29, 0.717) is 22.6 Å². The highest BCUT2D eigenvalue weighted by Gasteiger charge is 2.12. The van der Waals surface area contributed by atoms with Crippen LogP contribution in [0.3, 0.4) is 0 Å². The minimum absolute atomic E-state index is 0.242. The van der Waals surface area contributed by atoms with Crippen molar-refractivity contribution in [3.05, 3.63) is 104 Å². The summed E-state index contributed by atoms with van der Waals surface area (Å²) in [7, 11) is 0. The highest BCUT2D eigenvalue weighted by Crippen LogP contribution is 2.34. The molecule has 4 aromatic rings. The number of halogens is 2. The zero-order valence-corrected chi connectivity index (χ0v) is 22.3. The van der Waals surface area contributed by atoms with Gasteiger partial charge in [-0.05, 0) is 88.2 Å². The van der Waals surface area contributed by atoms with Crippen LogP contribution in [-0.4, -0.2) is 24.3 Å². The van der Waals surface area contributed by atoms with Crippen molar-refractivity contribution in [2.75, 3.05) is 11.9 Å². The van der Waals surface area contributed by atoms with E-state index >= 15 is 0 Å². The molecule has 0 radical (unpaired) electrons. The number of hydrazine groups is 1. The van der Waals surface area contributed by atoms with Crippen molar-refractivity contribution in [3.8, 4) is 5.75 Å². The molecule has 182 valence electrons. The number of benzene rings is 4. The van der Waals surface area contributed by atoms with Crippen molar-refractivity contribution in [1.82, 2.24) is 10.9 Å². The first-order valence-electron chi connectivity index (χ1n) is 10.9. The molecule has 3 N–H and O–H groups in total. The number of amides is 3. The minimum Gasteiger partial charge on any atom is -0.483 e. The van der Waals surface area contributed by atoms with Gasteiger partial charge in [0.2, 0.25) is 0 Å². The molecule has 7 nitrogen and oxygen atoms in total. The lowest BCUT2D eigenvalue weighted by molar-refractivity contribution is -0.123. The number of hydrogen-bond acceptors (Lipinski definition) is 4. The van der Waals surface area contributed by atoms with Crippen LogP contribution in [0.25, 0.3) is 10.8 Å². The first-order valence-corrected chi connectivity index (χ1v) is 12.5. The Morgan fingerprint density at radius 1 is 0.806 bits per heavy atom. The second kappa shape index (κ2) is 11.4. The summed E-state index contributed by atoms with van der Waals surface area (Å²) in [6, 6.07) is 23.1. The van der Waals surface area contributed by atoms with Crippen LogP contribution in [0.1, 0.15) is 26.3 Å². The second-order valence-corrected chi connectivity index (χ2v) is 9.64. The molecular formula is C27H21Br2N3O4. The number of fused-ring (bicyclic) bond motifs is 1. The Kier molecular flexibility index (Phi) is 8.02. The molecule has 0 saturated heterocycles. The summed E-state index contributed by atoms with van der Waals surface area (Å²) in [5.41, 5.74) is 7.08. The van der Waals surface area contributed by atoms with E-state index in [1.807, 2.05) is 43.3 Å². The number of carbonyl (C=O) groups excluding carboxylic acids is 3. The van der Waals surface area contributed by atoms with Crippen LogP contribution in [-0.2, 0) is 4.79 Å². The normalized spacial score (nSPS) is 10.5. The summed E-state index contributed by atoms with van der Waals surface area (Å²) >= 11 is 6.96. The molecule has 0 aromatic heterocycles. The quantitative estimate of drug-likeness (QED) is 0.242. The fraction of sp³-hybridized carbons (Fsp3) is 0.0741. The zero-order valence-electron chi connectivity index (χ0n) is 19.1. The lowest BCUT2D eigenvalue weighted by atomic mass is 10.1. The SMILES string of the molecule is Cc1cccc(C(=O)Nc2ccc(C(=O)NNC(=O)COc3ccc4cc(Br)ccc4c3Br)cc2)c1. The average Bonchev–Trinajstić information content (AvgIpc) is 2.87. The van der Waals surface area contributed by atoms with Gasteiger partial charge in [-0.1, -0.05) is 45.8 Å². The molecule has 0 heterocycles. The van der Waals surface area contributed by atoms with Gasteiger partial charge in [-0.2, -0.15) is 0 Å². The highest BCUT2D eigenvalue weighted by atomic mass is 79.9. The topological polar surface area (TPSA) is 96.5 Å². The lowest BCUT2D eigenvalue weighted by Crippen LogP contribution is -2.43. The van der Waals surface area contributed by atoms with Gasteiger partial charge in [0.1, 0.15) is 5.75 Å². The van der Waals surface area contributed by atoms with E-state index < -0.39 is 11.8 Å². The standard InChI is InChI=1S/C27H21Br2N3O4/c1-16-3-2-4-19(13-16)26(34)30-21-9-5-17(6-10-21)27(35)32-31-24(33)15-36-23-12-7-18-14-20(28)8-11-22(18)25(23)29/h2-14H,15H2,1H3,(H,30,34)(H,31,33)(H,32,35). The maximum atomic E-state index is 12.4. The van der Waals surface area contributed by atoms with Gasteiger partial charge in [0, 0.05) is 21.3 Å². The maximum absolute atomic E-state index is 12.4. The van der Waals surface area contributed by atoms with E-state index in [-0.39, 0.29) is 12.5 Å². The fourth-order valence-corrected chi connectivity index (χ4v) is 4.41. The van der Waals surface area contributed by atoms with E-state index in [4.69, 9.17) is 4.74 Å². The predicted octanol–water partition coefficient (Wildman–Crippen LogP) is 5.77. The number of anilines is 1. The smallest absolute Gasteiger partial charge is 0.276 e. The van der Waals surface area contributed by atoms with Gasteiger partial charge in [-0.25, -0.2) is 0 Å². The van der Waals surface area contributed by atoms with Gasteiger partial charge in [0.15, 0.2) is 6.61 Å². The molecule has 0 aliphatic carbocycles. The first-order chi connectivity index (χ1) is 17.3. The van der Waals surface area contributed by atoms with E-state index in [0.717, 1.165) is 25.3 Å². The molecule has 0 aliphatic heterocycles. The molecule has 0 aliphatic rings. The van der Waals surface area contributed by atoms with E-state index in [1.165, 1.54) is 0 Å². The highest BCUT2D eigenvalue weighted by molar-refractivity contribution is 9.11. The number of nitrogens with one attached hydrogen (secondary N) is 3. The molecular weight excluding hydrogens is 590 g/mol. The van der Waals surface area contributed by atoms with E-state index in [1.54, 1.807) is 42.5 Å². The number of carbonyl (C=O) groups is 3. The van der Waals surface area contributed by atoms with Crippen LogP contribution < -0.4 is 20.9 Å². The Morgan fingerprint density at radius 2 is 1.58 bits per heavy atom. The summed E-state index contributed by atoms with van der Waals surface area (Å²) in [6.45, 7) is 1.63. The zero-order chi connectivity index (χ0) is 25.7. The van der Waals surface area contributed by atoms with Crippen LogP contribution in [0.2, 0.25) is 0 Å². The second-order valence-electron chi connectivity index (χ2n) is 7.94. The van der Waals surface area contributed by atoms with Gasteiger partial charge >= 0.3 is 0 Å². The van der Waals surface area contributed by atoms with E-state index in [2.05, 4.69) is 48.0 Å². The van der Waals surface area contributed by atoms with Crippen molar-refractivity contribution in [2.24, 2.45) is 0 Å². The lowest BCUT2D eigenvalue weighted by Gasteiger charge is -2.12. The third-order valence-corrected chi connectivity index (χ3v) is 6.55. The molecule has 3 amide bonds. The Morgan fingerprint density at radius 3 is 2.33 bits per heavy atom. The Balaban J connectivity index is 1.27. The van der Waals surface area contributed by atoms with Gasteiger partial charge in [0.25, 0.3) is 17.7 Å². The van der Waals surface area contributed by atoms with Crippen molar-refractivity contribution >= 4 is 66.0 Å². The van der Waals surface area contributed by atoms with Crippen molar-refractivity contribution in [2.45, 2.75) is 6.92 Å². The van der Waals surface area contributed by atoms with Crippen LogP contribution >= 0.6 is 31.9 Å². The Bertz CT molecular complexity index is 1460. The summed E-state index contributed by atoms with van der Waals surface area (Å²) in [4.78, 5) is 36.9. The van der Waals surface area contributed by atoms with Crippen LogP contribution in [0.15, 0.2) is 87.8 Å². The number of rotatable bonds is 6. The Labute approximate surface area is 224 Å². The minimum atomic E-state index is -0.520. The summed E-state index contributed by atoms with van der Waals surface area (Å²) in [5.74, 6) is -0.755. The van der Waals surface area contributed by atoms with Crippen molar-refractivity contribution in [3.63, 3.8) is 0 Å². The van der Waals surface area contributed by atoms with Crippen molar-refractivity contribution < 1.29 is 19.1 Å². The molecule has 36 heavy (non-hydrogen) atoms. The third-order valence-electron chi connectivity index (χ3n) is 5.24. The fourth-order valence-electron chi connectivity index (χ4n) is 3.43. The van der Waals surface area contributed by atoms with Gasteiger partial charge in [-0.15, -0.1) is 0 Å². The molecule has 4 aromatic carbocycles. The van der Waals surface area contributed by atoms with Crippen LogP contribution in [0.4, 0.5) is 5.69 Å². The molecule has 0 spiro atoms. The monoisotopic (exact) mass is 609 g/mol. The summed E-state index contributed by atoms with van der Waals surface area (Å²) in [6.07, 6.45) is 0. The molecule has 0 atom stereocenters. The Hall–Kier alpha value is -3.69. The van der Waals surface area contributed by atoms with Gasteiger partial charge in [0.05, 0.1) is 4.47 Å². The van der Waals surface area contributed by atoms with Gasteiger partial charge in [-0.3, -0.25) is 25.2 Å². The first kappa shape index (κ1) is 25.4. The average molecular weight is 611 g/mol. The number of hydrogen-bond donors (Lipinski definition) is 3. The molecule has 0 bridgehead atoms. The molecule has 0 saturated carbocycles. The molecule has 9 heteroatoms. The van der Waals surface area contributed by atoms with Gasteiger partial charge < -0.3 is 10.1 Å². The largest absolute Gasteiger partial charge is 0.483 e. The van der Waals surface area contributed by atoms with Crippen LogP contribution in [0.5, 0.6) is 5.75 Å².